The van der Waals surface area contributed by atoms with Gasteiger partial charge >= 0.3 is 5.97 Å². The van der Waals surface area contributed by atoms with Crippen molar-refractivity contribution in [3.05, 3.63) is 38.9 Å². The zero-order valence-electron chi connectivity index (χ0n) is 9.37. The minimum Gasteiger partial charge on any atom is -0.462 e. The zero-order chi connectivity index (χ0) is 13.7. The maximum atomic E-state index is 11.6. The number of carbonyl (C=O) groups excluding carboxylic acids is 2. The first-order valence-electron chi connectivity index (χ1n) is 4.90. The Balaban J connectivity index is 3.59. The summed E-state index contributed by atoms with van der Waals surface area (Å²) in [7, 11) is 0. The van der Waals surface area contributed by atoms with Crippen LogP contribution in [0.2, 0.25) is 0 Å². The molecule has 0 atom stereocenters. The average Bonchev–Trinajstić information content (AvgIpc) is 2.36. The normalized spacial score (nSPS) is 9.33. The molecule has 0 radical (unpaired) electrons. The lowest BCUT2D eigenvalue weighted by Gasteiger charge is -2.06. The number of hydrogen-bond acceptors (Lipinski definition) is 6. The highest BCUT2D eigenvalue weighted by atomic mass is 16.6. The second-order valence-electron chi connectivity index (χ2n) is 3.13. The summed E-state index contributed by atoms with van der Waals surface area (Å²) in [5.74, 6) is -0.996. The summed E-state index contributed by atoms with van der Waals surface area (Å²) < 4.78 is 4.65. The van der Waals surface area contributed by atoms with Crippen LogP contribution >= 0.6 is 0 Å². The highest BCUT2D eigenvalue weighted by Gasteiger charge is 2.27. The quantitative estimate of drug-likeness (QED) is 0.345. The summed E-state index contributed by atoms with van der Waals surface area (Å²) in [4.78, 5) is 32.3. The van der Waals surface area contributed by atoms with Gasteiger partial charge in [-0.15, -0.1) is 0 Å². The van der Waals surface area contributed by atoms with Gasteiger partial charge in [0.2, 0.25) is 0 Å². The second-order valence-corrected chi connectivity index (χ2v) is 3.13. The Morgan fingerprint density at radius 3 is 2.72 bits per heavy atom. The van der Waals surface area contributed by atoms with Gasteiger partial charge in [0.15, 0.2) is 11.8 Å². The molecule has 0 unspecified atom stereocenters. The largest absolute Gasteiger partial charge is 0.462 e. The Kier molecular flexibility index (Phi) is 4.10. The van der Waals surface area contributed by atoms with Crippen molar-refractivity contribution in [1.82, 2.24) is 0 Å². The Hall–Kier alpha value is -2.75. The van der Waals surface area contributed by atoms with Gasteiger partial charge in [0.1, 0.15) is 6.07 Å². The molecule has 0 N–H and O–H groups in total. The summed E-state index contributed by atoms with van der Waals surface area (Å²) in [6, 6.07) is 3.73. The zero-order valence-corrected chi connectivity index (χ0v) is 9.37. The number of nitrogens with zero attached hydrogens (tertiary/aromatic N) is 2. The molecule has 0 saturated heterocycles. The van der Waals surface area contributed by atoms with Crippen molar-refractivity contribution in [2.75, 3.05) is 6.61 Å². The molecule has 0 bridgehead atoms. The van der Waals surface area contributed by atoms with Crippen molar-refractivity contribution >= 4 is 17.9 Å². The molecule has 0 amide bonds. The molecule has 18 heavy (non-hydrogen) atoms. The monoisotopic (exact) mass is 248 g/mol. The number of nitro benzene ring substituents is 1. The lowest BCUT2D eigenvalue weighted by Crippen LogP contribution is -2.12. The van der Waals surface area contributed by atoms with E-state index in [2.05, 4.69) is 4.74 Å². The highest BCUT2D eigenvalue weighted by Crippen LogP contribution is 2.25. The maximum Gasteiger partial charge on any atom is 0.346 e. The van der Waals surface area contributed by atoms with Gasteiger partial charge < -0.3 is 4.74 Å². The summed E-state index contributed by atoms with van der Waals surface area (Å²) in [6.07, 6.45) is 0.352. The fourth-order valence-corrected chi connectivity index (χ4v) is 1.39. The minimum atomic E-state index is -0.996. The van der Waals surface area contributed by atoms with Crippen molar-refractivity contribution in [2.24, 2.45) is 0 Å². The molecule has 0 saturated carbocycles. The molecule has 1 aromatic carbocycles. The Morgan fingerprint density at radius 2 is 2.28 bits per heavy atom. The number of nitriles is 1. The summed E-state index contributed by atoms with van der Waals surface area (Å²) in [6.45, 7) is 1.53. The topological polar surface area (TPSA) is 110 Å². The van der Waals surface area contributed by atoms with E-state index in [1.54, 1.807) is 6.07 Å². The Morgan fingerprint density at radius 1 is 1.61 bits per heavy atom. The molecule has 7 nitrogen and oxygen atoms in total. The third-order valence-corrected chi connectivity index (χ3v) is 2.13. The molecule has 1 rings (SSSR count). The second kappa shape index (κ2) is 5.54. The molecule has 0 aromatic heterocycles. The molecule has 0 fully saturated rings. The Bertz CT molecular complexity index is 559. The van der Waals surface area contributed by atoms with Crippen LogP contribution in [0.3, 0.4) is 0 Å². The van der Waals surface area contributed by atoms with Crippen LogP contribution in [-0.2, 0) is 4.74 Å². The number of hydrogen-bond donors (Lipinski definition) is 0. The van der Waals surface area contributed by atoms with Crippen LogP contribution in [0.5, 0.6) is 0 Å². The molecule has 92 valence electrons. The van der Waals surface area contributed by atoms with E-state index >= 15 is 0 Å². The van der Waals surface area contributed by atoms with Gasteiger partial charge in [0.25, 0.3) is 5.69 Å². The van der Waals surface area contributed by atoms with Crippen LogP contribution in [0.4, 0.5) is 5.69 Å². The van der Waals surface area contributed by atoms with Crippen LogP contribution in [-0.4, -0.2) is 23.8 Å². The number of rotatable bonds is 4. The summed E-state index contributed by atoms with van der Waals surface area (Å²) in [5, 5.41) is 19.7. The standard InChI is InChI=1S/C11H8N2O5/c1-2-18-11(15)10-8(5-12)7(6-14)3-4-9(10)13(16)17/h3-4,6H,2H2,1H3. The molecule has 1 aromatic rings. The van der Waals surface area contributed by atoms with Crippen LogP contribution in [0.15, 0.2) is 12.1 Å². The van der Waals surface area contributed by atoms with Crippen molar-refractivity contribution in [2.45, 2.75) is 6.92 Å². The van der Waals surface area contributed by atoms with E-state index in [0.717, 1.165) is 12.1 Å². The van der Waals surface area contributed by atoms with E-state index < -0.39 is 22.1 Å². The van der Waals surface area contributed by atoms with Gasteiger partial charge in [0.05, 0.1) is 17.1 Å². The predicted molar refractivity (Wildman–Crippen MR) is 59.2 cm³/mol. The van der Waals surface area contributed by atoms with Crippen molar-refractivity contribution in [1.29, 1.82) is 5.26 Å². The third-order valence-electron chi connectivity index (χ3n) is 2.13. The highest BCUT2D eigenvalue weighted by molar-refractivity contribution is 5.99. The fourth-order valence-electron chi connectivity index (χ4n) is 1.39. The first-order chi connectivity index (χ1) is 8.56. The van der Waals surface area contributed by atoms with E-state index in [0.29, 0.717) is 6.29 Å². The number of nitro groups is 1. The van der Waals surface area contributed by atoms with Crippen molar-refractivity contribution < 1.29 is 19.2 Å². The molecule has 0 spiro atoms. The maximum absolute atomic E-state index is 11.6. The van der Waals surface area contributed by atoms with Gasteiger partial charge in [-0.1, -0.05) is 0 Å². The van der Waals surface area contributed by atoms with Gasteiger partial charge in [-0.3, -0.25) is 14.9 Å². The fraction of sp³-hybridized carbons (Fsp3) is 0.182. The van der Waals surface area contributed by atoms with Crippen LogP contribution < -0.4 is 0 Å². The molecular weight excluding hydrogens is 240 g/mol. The minimum absolute atomic E-state index is 0.00612. The smallest absolute Gasteiger partial charge is 0.346 e. The molecule has 0 aliphatic heterocycles. The predicted octanol–water partition coefficient (Wildman–Crippen LogP) is 1.46. The van der Waals surface area contributed by atoms with Crippen LogP contribution in [0.1, 0.15) is 33.2 Å². The third kappa shape index (κ3) is 2.32. The van der Waals surface area contributed by atoms with Gasteiger partial charge in [0, 0.05) is 11.6 Å². The van der Waals surface area contributed by atoms with Gasteiger partial charge in [-0.2, -0.15) is 5.26 Å². The van der Waals surface area contributed by atoms with Crippen molar-refractivity contribution in [3.8, 4) is 6.07 Å². The molecule has 0 aliphatic rings. The molecule has 7 heteroatoms. The van der Waals surface area contributed by atoms with Gasteiger partial charge in [-0.05, 0) is 13.0 Å². The lowest BCUT2D eigenvalue weighted by molar-refractivity contribution is -0.385. The van der Waals surface area contributed by atoms with Crippen molar-refractivity contribution in [3.63, 3.8) is 0 Å². The average molecular weight is 248 g/mol. The first-order valence-corrected chi connectivity index (χ1v) is 4.90. The Labute approximate surface area is 102 Å². The lowest BCUT2D eigenvalue weighted by atomic mass is 10.0. The molecule has 0 heterocycles. The van der Waals surface area contributed by atoms with E-state index in [1.165, 1.54) is 6.92 Å². The number of carbonyl (C=O) groups is 2. The number of ether oxygens (including phenoxy) is 1. The van der Waals surface area contributed by atoms with Crippen LogP contribution in [0.25, 0.3) is 0 Å². The van der Waals surface area contributed by atoms with E-state index in [1.807, 2.05) is 0 Å². The summed E-state index contributed by atoms with van der Waals surface area (Å²) in [5.41, 5.74) is -1.49. The number of aldehydes is 1. The number of esters is 1. The molecule has 0 aliphatic carbocycles. The van der Waals surface area contributed by atoms with E-state index in [-0.39, 0.29) is 17.7 Å². The van der Waals surface area contributed by atoms with Gasteiger partial charge in [-0.25, -0.2) is 4.79 Å². The number of benzene rings is 1. The van der Waals surface area contributed by atoms with E-state index in [4.69, 9.17) is 5.26 Å². The SMILES string of the molecule is CCOC(=O)c1c([N+](=O)[O-])ccc(C=O)c1C#N. The molecular formula is C11H8N2O5. The van der Waals surface area contributed by atoms with E-state index in [9.17, 15) is 19.7 Å². The first kappa shape index (κ1) is 13.3. The summed E-state index contributed by atoms with van der Waals surface area (Å²) >= 11 is 0. The van der Waals surface area contributed by atoms with Crippen LogP contribution in [0, 0.1) is 21.4 Å².